The van der Waals surface area contributed by atoms with E-state index in [0.717, 1.165) is 35.0 Å². The maximum atomic E-state index is 13.5. The molecule has 0 saturated carbocycles. The topological polar surface area (TPSA) is 80.6 Å². The van der Waals surface area contributed by atoms with E-state index in [1.807, 2.05) is 36.6 Å². The molecule has 148 valence electrons. The second-order valence-electron chi connectivity index (χ2n) is 7.42. The van der Waals surface area contributed by atoms with Gasteiger partial charge < -0.3 is 4.57 Å². The minimum Gasteiger partial charge on any atom is -0.322 e. The Morgan fingerprint density at radius 2 is 1.76 bits per heavy atom. The van der Waals surface area contributed by atoms with Crippen molar-refractivity contribution in [1.29, 1.82) is 0 Å². The van der Waals surface area contributed by atoms with Crippen LogP contribution in [-0.2, 0) is 13.0 Å². The number of aromatic nitrogens is 4. The molecule has 4 rings (SSSR count). The zero-order chi connectivity index (χ0) is 20.7. The molecule has 0 fully saturated rings. The van der Waals surface area contributed by atoms with Crippen molar-refractivity contribution in [2.75, 3.05) is 0 Å². The number of nitrogens with zero attached hydrogens (tertiary/aromatic N) is 3. The van der Waals surface area contributed by atoms with Crippen LogP contribution in [0, 0.1) is 26.6 Å². The van der Waals surface area contributed by atoms with Crippen molar-refractivity contribution in [3.8, 4) is 11.5 Å². The normalized spacial score (nSPS) is 11.4. The maximum absolute atomic E-state index is 13.5. The van der Waals surface area contributed by atoms with Gasteiger partial charge in [0.05, 0.1) is 11.0 Å². The Kier molecular flexibility index (Phi) is 4.74. The van der Waals surface area contributed by atoms with Crippen LogP contribution >= 0.6 is 0 Å². The predicted octanol–water partition coefficient (Wildman–Crippen LogP) is 3.28. The summed E-state index contributed by atoms with van der Waals surface area (Å²) in [5.74, 6) is 0.0660. The fourth-order valence-electron chi connectivity index (χ4n) is 3.58. The van der Waals surface area contributed by atoms with E-state index in [1.165, 1.54) is 6.07 Å². The smallest absolute Gasteiger partial charge is 0.322 e. The summed E-state index contributed by atoms with van der Waals surface area (Å²) in [4.78, 5) is 34.8. The molecular formula is C22H21FN4O2. The van der Waals surface area contributed by atoms with E-state index in [2.05, 4.69) is 15.0 Å². The molecule has 7 heteroatoms. The Morgan fingerprint density at radius 1 is 1.00 bits per heavy atom. The Bertz CT molecular complexity index is 1320. The quantitative estimate of drug-likeness (QED) is 0.541. The third-order valence-electron chi connectivity index (χ3n) is 5.29. The molecule has 0 unspecified atom stereocenters. The van der Waals surface area contributed by atoms with Crippen molar-refractivity contribution in [1.82, 2.24) is 19.5 Å². The molecule has 0 atom stereocenters. The lowest BCUT2D eigenvalue weighted by atomic mass is 10.1. The maximum Gasteiger partial charge on any atom is 0.349 e. The summed E-state index contributed by atoms with van der Waals surface area (Å²) in [6.07, 6.45) is 1.47. The number of benzene rings is 2. The van der Waals surface area contributed by atoms with Gasteiger partial charge in [-0.3, -0.25) is 9.78 Å². The second-order valence-corrected chi connectivity index (χ2v) is 7.42. The molecule has 2 aromatic rings. The minimum absolute atomic E-state index is 0.151. The highest BCUT2D eigenvalue weighted by atomic mass is 19.1. The number of aromatic amines is 1. The molecule has 2 aliphatic heterocycles. The number of halogens is 1. The lowest BCUT2D eigenvalue weighted by Gasteiger charge is -2.18. The molecule has 0 amide bonds. The Labute approximate surface area is 166 Å². The van der Waals surface area contributed by atoms with Gasteiger partial charge in [0.2, 0.25) is 0 Å². The molecule has 0 aromatic heterocycles. The number of fused-ring (bicyclic) bond motifs is 2. The zero-order valence-electron chi connectivity index (χ0n) is 16.5. The van der Waals surface area contributed by atoms with Gasteiger partial charge in [0, 0.05) is 6.54 Å². The van der Waals surface area contributed by atoms with Gasteiger partial charge in [0.1, 0.15) is 5.82 Å². The standard InChI is InChI=1S/C22H21FN4O2/c1-12-10-17-18(11-13(12)2)27(20-19(24-17)21(28)26-22(29)25-20)8-4-5-15-6-7-16(23)14(3)9-15/h6-7,9-11H,4-5,8H2,1-3H3,(H,26,28,29). The minimum atomic E-state index is -0.685. The third-order valence-corrected chi connectivity index (χ3v) is 5.29. The number of hydrogen-bond donors (Lipinski definition) is 1. The fourth-order valence-corrected chi connectivity index (χ4v) is 3.58. The summed E-state index contributed by atoms with van der Waals surface area (Å²) in [6.45, 7) is 6.29. The summed E-state index contributed by atoms with van der Waals surface area (Å²) < 4.78 is 15.4. The summed E-state index contributed by atoms with van der Waals surface area (Å²) in [5.41, 5.74) is 4.25. The van der Waals surface area contributed by atoms with Gasteiger partial charge in [0.25, 0.3) is 5.56 Å². The lowest BCUT2D eigenvalue weighted by molar-refractivity contribution is 0.615. The van der Waals surface area contributed by atoms with Crippen molar-refractivity contribution < 1.29 is 4.39 Å². The van der Waals surface area contributed by atoms with Gasteiger partial charge in [-0.25, -0.2) is 14.2 Å². The first-order valence-electron chi connectivity index (χ1n) is 9.50. The average molecular weight is 392 g/mol. The van der Waals surface area contributed by atoms with Gasteiger partial charge in [-0.05, 0) is 74.1 Å². The molecular weight excluding hydrogens is 371 g/mol. The first-order valence-corrected chi connectivity index (χ1v) is 9.50. The molecule has 2 aliphatic rings. The van der Waals surface area contributed by atoms with E-state index in [1.54, 1.807) is 13.0 Å². The van der Waals surface area contributed by atoms with Crippen LogP contribution in [0.1, 0.15) is 28.7 Å². The summed E-state index contributed by atoms with van der Waals surface area (Å²) >= 11 is 0. The predicted molar refractivity (Wildman–Crippen MR) is 110 cm³/mol. The number of H-pyrrole nitrogens is 1. The summed E-state index contributed by atoms with van der Waals surface area (Å²) in [6, 6.07) is 9.05. The number of nitrogens with one attached hydrogen (secondary N) is 1. The monoisotopic (exact) mass is 392 g/mol. The molecule has 6 nitrogen and oxygen atoms in total. The van der Waals surface area contributed by atoms with Gasteiger partial charge in [-0.2, -0.15) is 4.98 Å². The second kappa shape index (κ2) is 7.24. The molecule has 0 spiro atoms. The first-order chi connectivity index (χ1) is 13.8. The van der Waals surface area contributed by atoms with Crippen LogP contribution in [0.4, 0.5) is 4.39 Å². The van der Waals surface area contributed by atoms with Crippen LogP contribution < -0.4 is 11.2 Å². The summed E-state index contributed by atoms with van der Waals surface area (Å²) in [5, 5.41) is 0. The van der Waals surface area contributed by atoms with Gasteiger partial charge in [-0.15, -0.1) is 0 Å². The third kappa shape index (κ3) is 3.55. The molecule has 0 saturated heterocycles. The van der Waals surface area contributed by atoms with Crippen LogP contribution in [0.3, 0.4) is 0 Å². The molecule has 0 bridgehead atoms. The molecule has 0 aliphatic carbocycles. The highest BCUT2D eigenvalue weighted by Gasteiger charge is 2.19. The largest absolute Gasteiger partial charge is 0.349 e. The number of hydrogen-bond acceptors (Lipinski definition) is 4. The lowest BCUT2D eigenvalue weighted by Crippen LogP contribution is -2.29. The highest BCUT2D eigenvalue weighted by Crippen LogP contribution is 2.24. The van der Waals surface area contributed by atoms with E-state index < -0.39 is 11.2 Å². The number of aryl methyl sites for hydroxylation is 5. The van der Waals surface area contributed by atoms with E-state index in [4.69, 9.17) is 0 Å². The molecule has 29 heavy (non-hydrogen) atoms. The van der Waals surface area contributed by atoms with Crippen LogP contribution in [0.5, 0.6) is 0 Å². The Balaban J connectivity index is 1.79. The molecule has 2 aromatic carbocycles. The first kappa shape index (κ1) is 19.0. The van der Waals surface area contributed by atoms with Crippen molar-refractivity contribution >= 4 is 11.0 Å². The van der Waals surface area contributed by atoms with Crippen LogP contribution in [-0.4, -0.2) is 19.5 Å². The van der Waals surface area contributed by atoms with Crippen molar-refractivity contribution in [3.05, 3.63) is 79.2 Å². The zero-order valence-corrected chi connectivity index (χ0v) is 16.5. The van der Waals surface area contributed by atoms with Gasteiger partial charge >= 0.3 is 5.69 Å². The van der Waals surface area contributed by atoms with E-state index in [-0.39, 0.29) is 17.3 Å². The summed E-state index contributed by atoms with van der Waals surface area (Å²) in [7, 11) is 0. The van der Waals surface area contributed by atoms with Gasteiger partial charge in [0.15, 0.2) is 11.5 Å². The van der Waals surface area contributed by atoms with Crippen LogP contribution in [0.15, 0.2) is 39.9 Å². The van der Waals surface area contributed by atoms with Crippen molar-refractivity contribution in [2.45, 2.75) is 40.2 Å². The number of rotatable bonds is 4. The average Bonchev–Trinajstić information content (AvgIpc) is 2.66. The van der Waals surface area contributed by atoms with E-state index in [0.29, 0.717) is 17.6 Å². The van der Waals surface area contributed by atoms with Crippen molar-refractivity contribution in [2.24, 2.45) is 0 Å². The Morgan fingerprint density at radius 3 is 2.52 bits per heavy atom. The Hall–Kier alpha value is -3.35. The van der Waals surface area contributed by atoms with Gasteiger partial charge in [-0.1, -0.05) is 12.1 Å². The van der Waals surface area contributed by atoms with Crippen molar-refractivity contribution in [3.63, 3.8) is 0 Å². The van der Waals surface area contributed by atoms with Crippen LogP contribution in [0.2, 0.25) is 0 Å². The highest BCUT2D eigenvalue weighted by molar-refractivity contribution is 5.81. The van der Waals surface area contributed by atoms with Crippen LogP contribution in [0.25, 0.3) is 22.6 Å². The fraction of sp³-hybridized carbons (Fsp3) is 0.273. The van der Waals surface area contributed by atoms with E-state index in [9.17, 15) is 14.0 Å². The molecule has 1 N–H and O–H groups in total. The molecule has 0 radical (unpaired) electrons. The SMILES string of the molecule is Cc1cc2nc3c(=O)[nH]c(=O)nc-3n(CCCc3ccc(F)c(C)c3)c2cc1C. The van der Waals surface area contributed by atoms with E-state index >= 15 is 0 Å². The molecule has 2 heterocycles.